The Balaban J connectivity index is 2.09. The Morgan fingerprint density at radius 1 is 0.846 bits per heavy atom. The number of amides is 1. The van der Waals surface area contributed by atoms with E-state index in [2.05, 4.69) is 6.92 Å². The van der Waals surface area contributed by atoms with E-state index < -0.39 is 0 Å². The Bertz CT molecular complexity index is 615. The molecule has 2 rings (SSSR count). The highest BCUT2D eigenvalue weighted by Crippen LogP contribution is 2.18. The van der Waals surface area contributed by atoms with Gasteiger partial charge in [-0.15, -0.1) is 0 Å². The third-order valence-electron chi connectivity index (χ3n) is 4.31. The van der Waals surface area contributed by atoms with Crippen molar-refractivity contribution in [3.8, 4) is 11.5 Å². The van der Waals surface area contributed by atoms with Crippen molar-refractivity contribution in [1.82, 2.24) is 4.90 Å². The van der Waals surface area contributed by atoms with Crippen molar-refractivity contribution in [2.45, 2.75) is 38.8 Å². The van der Waals surface area contributed by atoms with Crippen LogP contribution in [0.2, 0.25) is 0 Å². The molecule has 0 N–H and O–H groups in total. The maximum Gasteiger partial charge on any atom is 0.223 e. The lowest BCUT2D eigenvalue weighted by Crippen LogP contribution is -2.29. The van der Waals surface area contributed by atoms with Crippen LogP contribution in [-0.2, 0) is 17.9 Å². The SMILES string of the molecule is [CH2]CCCCC(=O)N(Cc1ccc(OC)cc1)Cc1ccc(OC)cc1. The molecule has 1 amide bonds. The molecule has 1 radical (unpaired) electrons. The van der Waals surface area contributed by atoms with Crippen molar-refractivity contribution in [2.24, 2.45) is 0 Å². The number of methoxy groups -OCH3 is 2. The molecule has 26 heavy (non-hydrogen) atoms. The molecule has 0 aromatic heterocycles. The van der Waals surface area contributed by atoms with Gasteiger partial charge in [0, 0.05) is 19.5 Å². The largest absolute Gasteiger partial charge is 0.497 e. The van der Waals surface area contributed by atoms with E-state index in [1.165, 1.54) is 0 Å². The van der Waals surface area contributed by atoms with Gasteiger partial charge in [-0.05, 0) is 41.8 Å². The predicted octanol–water partition coefficient (Wildman–Crippen LogP) is 4.63. The number of hydrogen-bond donors (Lipinski definition) is 0. The smallest absolute Gasteiger partial charge is 0.223 e. The second-order valence-corrected chi connectivity index (χ2v) is 6.26. The van der Waals surface area contributed by atoms with Crippen LogP contribution in [-0.4, -0.2) is 25.0 Å². The molecule has 0 saturated carbocycles. The average molecular weight is 354 g/mol. The van der Waals surface area contributed by atoms with Crippen LogP contribution in [0.3, 0.4) is 0 Å². The maximum absolute atomic E-state index is 12.7. The van der Waals surface area contributed by atoms with Crippen LogP contribution in [0.15, 0.2) is 48.5 Å². The first kappa shape index (κ1) is 19.8. The van der Waals surface area contributed by atoms with Crippen molar-refractivity contribution in [1.29, 1.82) is 0 Å². The first-order chi connectivity index (χ1) is 12.7. The van der Waals surface area contributed by atoms with E-state index in [0.717, 1.165) is 41.9 Å². The lowest BCUT2D eigenvalue weighted by Gasteiger charge is -2.23. The van der Waals surface area contributed by atoms with Gasteiger partial charge in [0.1, 0.15) is 11.5 Å². The van der Waals surface area contributed by atoms with E-state index in [-0.39, 0.29) is 5.91 Å². The standard InChI is InChI=1S/C22H28NO3/c1-4-5-6-7-22(24)23(16-18-8-12-20(25-2)13-9-18)17-19-10-14-21(26-3)15-11-19/h8-15H,1,4-7,16-17H2,2-3H3. The van der Waals surface area contributed by atoms with E-state index in [0.29, 0.717) is 19.5 Å². The fourth-order valence-corrected chi connectivity index (χ4v) is 2.75. The molecule has 2 aromatic carbocycles. The number of hydrogen-bond acceptors (Lipinski definition) is 3. The van der Waals surface area contributed by atoms with Crippen molar-refractivity contribution < 1.29 is 14.3 Å². The lowest BCUT2D eigenvalue weighted by molar-refractivity contribution is -0.132. The average Bonchev–Trinajstić information content (AvgIpc) is 2.68. The summed E-state index contributed by atoms with van der Waals surface area (Å²) in [5.41, 5.74) is 2.18. The summed E-state index contributed by atoms with van der Waals surface area (Å²) in [6.45, 7) is 5.01. The Morgan fingerprint density at radius 3 is 1.69 bits per heavy atom. The molecule has 139 valence electrons. The quantitative estimate of drug-likeness (QED) is 0.584. The summed E-state index contributed by atoms with van der Waals surface area (Å²) < 4.78 is 10.4. The number of carbonyl (C=O) groups is 1. The van der Waals surface area contributed by atoms with Gasteiger partial charge in [-0.1, -0.05) is 44.0 Å². The molecule has 2 aromatic rings. The molecule has 0 unspecified atom stereocenters. The van der Waals surface area contributed by atoms with Gasteiger partial charge in [-0.3, -0.25) is 4.79 Å². The molecule has 0 aliphatic rings. The summed E-state index contributed by atoms with van der Waals surface area (Å²) in [5.74, 6) is 1.81. The Labute approximate surface area is 156 Å². The van der Waals surface area contributed by atoms with Crippen LogP contribution in [0.5, 0.6) is 11.5 Å². The molecule has 0 bridgehead atoms. The molecule has 0 aliphatic carbocycles. The Hall–Kier alpha value is -2.49. The van der Waals surface area contributed by atoms with Crippen LogP contribution in [0.25, 0.3) is 0 Å². The van der Waals surface area contributed by atoms with Gasteiger partial charge >= 0.3 is 0 Å². The Kier molecular flexibility index (Phi) is 8.00. The van der Waals surface area contributed by atoms with Gasteiger partial charge < -0.3 is 14.4 Å². The summed E-state index contributed by atoms with van der Waals surface area (Å²) in [7, 11) is 3.30. The Morgan fingerprint density at radius 2 is 1.31 bits per heavy atom. The van der Waals surface area contributed by atoms with Crippen LogP contribution < -0.4 is 9.47 Å². The van der Waals surface area contributed by atoms with Gasteiger partial charge in [0.05, 0.1) is 14.2 Å². The van der Waals surface area contributed by atoms with E-state index in [9.17, 15) is 4.79 Å². The van der Waals surface area contributed by atoms with Crippen molar-refractivity contribution in [2.75, 3.05) is 14.2 Å². The fourth-order valence-electron chi connectivity index (χ4n) is 2.75. The number of ether oxygens (including phenoxy) is 2. The molecule has 0 aliphatic heterocycles. The van der Waals surface area contributed by atoms with Crippen LogP contribution in [0.1, 0.15) is 36.8 Å². The van der Waals surface area contributed by atoms with Crippen LogP contribution in [0.4, 0.5) is 0 Å². The molecular formula is C22H28NO3. The minimum Gasteiger partial charge on any atom is -0.497 e. The molecule has 0 saturated heterocycles. The zero-order chi connectivity index (χ0) is 18.8. The van der Waals surface area contributed by atoms with Gasteiger partial charge in [0.15, 0.2) is 0 Å². The first-order valence-corrected chi connectivity index (χ1v) is 8.99. The highest BCUT2D eigenvalue weighted by Gasteiger charge is 2.14. The van der Waals surface area contributed by atoms with Crippen LogP contribution >= 0.6 is 0 Å². The van der Waals surface area contributed by atoms with Crippen molar-refractivity contribution >= 4 is 5.91 Å². The molecular weight excluding hydrogens is 326 g/mol. The number of carbonyl (C=O) groups excluding carboxylic acids is 1. The van der Waals surface area contributed by atoms with E-state index in [1.807, 2.05) is 53.4 Å². The summed E-state index contributed by atoms with van der Waals surface area (Å²) in [4.78, 5) is 14.6. The summed E-state index contributed by atoms with van der Waals surface area (Å²) >= 11 is 0. The highest BCUT2D eigenvalue weighted by molar-refractivity contribution is 5.76. The summed E-state index contributed by atoms with van der Waals surface area (Å²) in [5, 5.41) is 0. The second kappa shape index (κ2) is 10.5. The molecule has 0 spiro atoms. The number of benzene rings is 2. The number of rotatable bonds is 10. The highest BCUT2D eigenvalue weighted by atomic mass is 16.5. The first-order valence-electron chi connectivity index (χ1n) is 8.99. The monoisotopic (exact) mass is 354 g/mol. The van der Waals surface area contributed by atoms with Gasteiger partial charge in [0.2, 0.25) is 5.91 Å². The minimum absolute atomic E-state index is 0.171. The summed E-state index contributed by atoms with van der Waals surface area (Å²) in [6.07, 6.45) is 3.28. The molecule has 4 nitrogen and oxygen atoms in total. The van der Waals surface area contributed by atoms with Crippen molar-refractivity contribution in [3.05, 3.63) is 66.6 Å². The van der Waals surface area contributed by atoms with Gasteiger partial charge in [-0.2, -0.15) is 0 Å². The zero-order valence-corrected chi connectivity index (χ0v) is 15.7. The molecule has 0 fully saturated rings. The fraction of sp³-hybridized carbons (Fsp3) is 0.364. The number of unbranched alkanes of at least 4 members (excludes halogenated alkanes) is 2. The van der Waals surface area contributed by atoms with Gasteiger partial charge in [-0.25, -0.2) is 0 Å². The van der Waals surface area contributed by atoms with Crippen LogP contribution in [0, 0.1) is 6.92 Å². The summed E-state index contributed by atoms with van der Waals surface area (Å²) in [6, 6.07) is 15.7. The second-order valence-electron chi connectivity index (χ2n) is 6.26. The maximum atomic E-state index is 12.7. The lowest BCUT2D eigenvalue weighted by atomic mass is 10.1. The van der Waals surface area contributed by atoms with E-state index >= 15 is 0 Å². The predicted molar refractivity (Wildman–Crippen MR) is 104 cm³/mol. The number of nitrogens with zero attached hydrogens (tertiary/aromatic N) is 1. The zero-order valence-electron chi connectivity index (χ0n) is 15.7. The van der Waals surface area contributed by atoms with Gasteiger partial charge in [0.25, 0.3) is 0 Å². The van der Waals surface area contributed by atoms with E-state index in [1.54, 1.807) is 14.2 Å². The topological polar surface area (TPSA) is 38.8 Å². The van der Waals surface area contributed by atoms with Crippen molar-refractivity contribution in [3.63, 3.8) is 0 Å². The third kappa shape index (κ3) is 6.10. The minimum atomic E-state index is 0.171. The van der Waals surface area contributed by atoms with E-state index in [4.69, 9.17) is 9.47 Å². The molecule has 4 heteroatoms. The third-order valence-corrected chi connectivity index (χ3v) is 4.31. The molecule has 0 atom stereocenters. The normalized spacial score (nSPS) is 10.4. The molecule has 0 heterocycles.